The molecule has 0 bridgehead atoms. The Morgan fingerprint density at radius 1 is 1.43 bits per heavy atom. The highest BCUT2D eigenvalue weighted by atomic mass is 19.1. The van der Waals surface area contributed by atoms with E-state index in [4.69, 9.17) is 5.73 Å². The van der Waals surface area contributed by atoms with Gasteiger partial charge in [-0.15, -0.1) is 0 Å². The fourth-order valence-electron chi connectivity index (χ4n) is 3.83. The zero-order chi connectivity index (χ0) is 15.0. The van der Waals surface area contributed by atoms with Crippen molar-refractivity contribution in [1.29, 1.82) is 0 Å². The van der Waals surface area contributed by atoms with Gasteiger partial charge in [-0.05, 0) is 48.3 Å². The Bertz CT molecular complexity index is 533. The molecule has 1 amide bonds. The summed E-state index contributed by atoms with van der Waals surface area (Å²) in [5.41, 5.74) is 7.00. The minimum Gasteiger partial charge on any atom is -0.342 e. The lowest BCUT2D eigenvalue weighted by molar-refractivity contribution is -0.130. The predicted octanol–water partition coefficient (Wildman–Crippen LogP) is 2.52. The van der Waals surface area contributed by atoms with Gasteiger partial charge in [-0.3, -0.25) is 4.79 Å². The number of nitrogens with two attached hydrogens (primary N) is 1. The number of fused-ring (bicyclic) bond motifs is 1. The molecule has 2 fully saturated rings. The summed E-state index contributed by atoms with van der Waals surface area (Å²) in [7, 11) is 0. The van der Waals surface area contributed by atoms with Crippen LogP contribution in [0.1, 0.15) is 37.7 Å². The second-order valence-electron chi connectivity index (χ2n) is 6.62. The molecule has 2 aliphatic rings. The van der Waals surface area contributed by atoms with Gasteiger partial charge in [-0.1, -0.05) is 19.1 Å². The van der Waals surface area contributed by atoms with E-state index < -0.39 is 0 Å². The van der Waals surface area contributed by atoms with E-state index in [2.05, 4.69) is 0 Å². The molecule has 4 heteroatoms. The van der Waals surface area contributed by atoms with E-state index in [-0.39, 0.29) is 23.7 Å². The molecule has 1 aromatic carbocycles. The molecule has 1 saturated heterocycles. The predicted molar refractivity (Wildman–Crippen MR) is 80.2 cm³/mol. The van der Waals surface area contributed by atoms with Crippen LogP contribution in [0.25, 0.3) is 0 Å². The Labute approximate surface area is 125 Å². The van der Waals surface area contributed by atoms with Gasteiger partial charge >= 0.3 is 0 Å². The minimum atomic E-state index is -0.242. The molecule has 1 aliphatic carbocycles. The van der Waals surface area contributed by atoms with Crippen LogP contribution in [0.4, 0.5) is 4.39 Å². The number of benzene rings is 1. The van der Waals surface area contributed by atoms with Crippen LogP contribution in [0.15, 0.2) is 24.3 Å². The minimum absolute atomic E-state index is 0.0438. The average molecular weight is 290 g/mol. The standard InChI is InChI=1S/C17H23FN2O/c1-11(12-3-2-4-14(18)8-12)7-17(21)20-9-13-5-6-16(19)15(13)10-20/h2-4,8,11,13,15-16H,5-7,9-10,19H2,1H3. The third kappa shape index (κ3) is 2.95. The zero-order valence-corrected chi connectivity index (χ0v) is 12.5. The molecule has 4 unspecified atom stereocenters. The van der Waals surface area contributed by atoms with E-state index in [1.807, 2.05) is 17.9 Å². The molecule has 1 saturated carbocycles. The number of hydrogen-bond acceptors (Lipinski definition) is 2. The molecule has 1 heterocycles. The van der Waals surface area contributed by atoms with Crippen LogP contribution in [0.2, 0.25) is 0 Å². The summed E-state index contributed by atoms with van der Waals surface area (Å²) in [6, 6.07) is 6.79. The second kappa shape index (κ2) is 5.76. The fraction of sp³-hybridized carbons (Fsp3) is 0.588. The molecule has 0 radical (unpaired) electrons. The van der Waals surface area contributed by atoms with E-state index in [1.54, 1.807) is 6.07 Å². The second-order valence-corrected chi connectivity index (χ2v) is 6.62. The first-order valence-electron chi connectivity index (χ1n) is 7.83. The summed E-state index contributed by atoms with van der Waals surface area (Å²) in [5.74, 6) is 1.05. The normalized spacial score (nSPS) is 29.5. The van der Waals surface area contributed by atoms with E-state index in [0.717, 1.165) is 31.5 Å². The summed E-state index contributed by atoms with van der Waals surface area (Å²) in [5, 5.41) is 0. The van der Waals surface area contributed by atoms with E-state index in [0.29, 0.717) is 18.3 Å². The molecule has 1 aromatic rings. The third-order valence-electron chi connectivity index (χ3n) is 5.16. The summed E-state index contributed by atoms with van der Waals surface area (Å²) in [6.07, 6.45) is 2.68. The van der Waals surface area contributed by atoms with Gasteiger partial charge in [0.25, 0.3) is 0 Å². The molecular formula is C17H23FN2O. The van der Waals surface area contributed by atoms with E-state index >= 15 is 0 Å². The summed E-state index contributed by atoms with van der Waals surface area (Å²) in [4.78, 5) is 14.4. The van der Waals surface area contributed by atoms with Crippen molar-refractivity contribution in [2.75, 3.05) is 13.1 Å². The quantitative estimate of drug-likeness (QED) is 0.929. The van der Waals surface area contributed by atoms with Crippen molar-refractivity contribution >= 4 is 5.91 Å². The van der Waals surface area contributed by atoms with Gasteiger partial charge in [0.2, 0.25) is 5.91 Å². The van der Waals surface area contributed by atoms with Gasteiger partial charge in [0.15, 0.2) is 0 Å². The summed E-state index contributed by atoms with van der Waals surface area (Å²) in [6.45, 7) is 3.64. The number of carbonyl (C=O) groups excluding carboxylic acids is 1. The number of halogens is 1. The summed E-state index contributed by atoms with van der Waals surface area (Å²) < 4.78 is 13.3. The maximum absolute atomic E-state index is 13.3. The van der Waals surface area contributed by atoms with Crippen LogP contribution in [-0.4, -0.2) is 29.9 Å². The van der Waals surface area contributed by atoms with E-state index in [9.17, 15) is 9.18 Å². The largest absolute Gasteiger partial charge is 0.342 e. The van der Waals surface area contributed by atoms with Gasteiger partial charge in [-0.25, -0.2) is 4.39 Å². The number of likely N-dealkylation sites (tertiary alicyclic amines) is 1. The first-order chi connectivity index (χ1) is 10.0. The van der Waals surface area contributed by atoms with Crippen LogP contribution >= 0.6 is 0 Å². The Kier molecular flexibility index (Phi) is 3.98. The van der Waals surface area contributed by atoms with Crippen LogP contribution in [-0.2, 0) is 4.79 Å². The molecular weight excluding hydrogens is 267 g/mol. The molecule has 2 N–H and O–H groups in total. The van der Waals surface area contributed by atoms with Crippen molar-refractivity contribution in [3.63, 3.8) is 0 Å². The SMILES string of the molecule is CC(CC(=O)N1CC2CCC(N)C2C1)c1cccc(F)c1. The van der Waals surface area contributed by atoms with Crippen molar-refractivity contribution in [3.05, 3.63) is 35.6 Å². The lowest BCUT2D eigenvalue weighted by Gasteiger charge is -2.21. The number of amides is 1. The highest BCUT2D eigenvalue weighted by Gasteiger charge is 2.42. The topological polar surface area (TPSA) is 46.3 Å². The van der Waals surface area contributed by atoms with Crippen molar-refractivity contribution in [1.82, 2.24) is 4.90 Å². The maximum atomic E-state index is 13.3. The van der Waals surface area contributed by atoms with Gasteiger partial charge in [-0.2, -0.15) is 0 Å². The molecule has 3 rings (SSSR count). The van der Waals surface area contributed by atoms with E-state index in [1.165, 1.54) is 12.1 Å². The Hall–Kier alpha value is -1.42. The lowest BCUT2D eigenvalue weighted by Crippen LogP contribution is -2.33. The number of rotatable bonds is 3. The Morgan fingerprint density at radius 3 is 2.95 bits per heavy atom. The van der Waals surface area contributed by atoms with Crippen molar-refractivity contribution in [2.24, 2.45) is 17.6 Å². The molecule has 0 aromatic heterocycles. The van der Waals surface area contributed by atoms with Crippen LogP contribution in [0.5, 0.6) is 0 Å². The van der Waals surface area contributed by atoms with Crippen molar-refractivity contribution < 1.29 is 9.18 Å². The highest BCUT2D eigenvalue weighted by molar-refractivity contribution is 5.77. The lowest BCUT2D eigenvalue weighted by atomic mass is 9.97. The fourth-order valence-corrected chi connectivity index (χ4v) is 3.83. The molecule has 114 valence electrons. The first kappa shape index (κ1) is 14.5. The molecule has 0 spiro atoms. The Balaban J connectivity index is 1.59. The van der Waals surface area contributed by atoms with Crippen LogP contribution in [0.3, 0.4) is 0 Å². The number of hydrogen-bond donors (Lipinski definition) is 1. The van der Waals surface area contributed by atoms with Gasteiger partial charge < -0.3 is 10.6 Å². The van der Waals surface area contributed by atoms with Crippen molar-refractivity contribution in [2.45, 2.75) is 38.1 Å². The van der Waals surface area contributed by atoms with Gasteiger partial charge in [0.1, 0.15) is 5.82 Å². The molecule has 21 heavy (non-hydrogen) atoms. The molecule has 4 atom stereocenters. The number of nitrogens with zero attached hydrogens (tertiary/aromatic N) is 1. The monoisotopic (exact) mass is 290 g/mol. The smallest absolute Gasteiger partial charge is 0.223 e. The van der Waals surface area contributed by atoms with Crippen LogP contribution in [0, 0.1) is 17.7 Å². The third-order valence-corrected chi connectivity index (χ3v) is 5.16. The van der Waals surface area contributed by atoms with Gasteiger partial charge in [0.05, 0.1) is 0 Å². The van der Waals surface area contributed by atoms with Gasteiger partial charge in [0, 0.05) is 25.6 Å². The average Bonchev–Trinajstić information content (AvgIpc) is 3.01. The maximum Gasteiger partial charge on any atom is 0.223 e. The number of carbonyl (C=O) groups is 1. The summed E-state index contributed by atoms with van der Waals surface area (Å²) >= 11 is 0. The zero-order valence-electron chi connectivity index (χ0n) is 12.5. The Morgan fingerprint density at radius 2 is 2.24 bits per heavy atom. The molecule has 3 nitrogen and oxygen atoms in total. The van der Waals surface area contributed by atoms with Crippen molar-refractivity contribution in [3.8, 4) is 0 Å². The van der Waals surface area contributed by atoms with Crippen LogP contribution < -0.4 is 5.73 Å². The molecule has 1 aliphatic heterocycles. The first-order valence-corrected chi connectivity index (χ1v) is 7.83. The highest BCUT2D eigenvalue weighted by Crippen LogP contribution is 2.37.